The summed E-state index contributed by atoms with van der Waals surface area (Å²) in [7, 11) is -3.35. The van der Waals surface area contributed by atoms with Gasteiger partial charge in [0.25, 0.3) is 0 Å². The molecule has 0 N–H and O–H groups in total. The minimum absolute atomic E-state index is 0.000801. The molecule has 0 spiro atoms. The van der Waals surface area contributed by atoms with Crippen LogP contribution in [-0.4, -0.2) is 60.0 Å². The van der Waals surface area contributed by atoms with E-state index in [1.807, 2.05) is 30.3 Å². The van der Waals surface area contributed by atoms with Gasteiger partial charge in [-0.15, -0.1) is 0 Å². The lowest BCUT2D eigenvalue weighted by atomic mass is 9.58. The molecule has 50 heavy (non-hydrogen) atoms. The van der Waals surface area contributed by atoms with Gasteiger partial charge >= 0.3 is 11.9 Å². The first kappa shape index (κ1) is 40.6. The van der Waals surface area contributed by atoms with Gasteiger partial charge in [-0.25, -0.2) is 9.59 Å². The second-order valence-corrected chi connectivity index (χ2v) is 22.4. The Labute approximate surface area is 306 Å². The molecule has 3 aliphatic rings. The van der Waals surface area contributed by atoms with Crippen LogP contribution in [-0.2, 0) is 27.9 Å². The number of carbonyl (C=O) groups is 2. The summed E-state index contributed by atoms with van der Waals surface area (Å²) < 4.78 is 33.1. The summed E-state index contributed by atoms with van der Waals surface area (Å²) in [6, 6.07) is 9.53. The van der Waals surface area contributed by atoms with Crippen LogP contribution in [0.5, 0.6) is 5.75 Å². The number of ether oxygens (including phenoxy) is 3. The highest BCUT2D eigenvalue weighted by Crippen LogP contribution is 2.54. The van der Waals surface area contributed by atoms with Crippen LogP contribution >= 0.6 is 0 Å². The van der Waals surface area contributed by atoms with Crippen molar-refractivity contribution in [1.82, 2.24) is 0 Å². The van der Waals surface area contributed by atoms with E-state index >= 15 is 0 Å². The molecule has 1 aromatic rings. The van der Waals surface area contributed by atoms with Crippen molar-refractivity contribution in [3.05, 3.63) is 54.1 Å². The van der Waals surface area contributed by atoms with E-state index in [9.17, 15) is 9.59 Å². The topological polar surface area (TPSA) is 80.3 Å². The number of hydrogen-bond acceptors (Lipinski definition) is 7. The van der Waals surface area contributed by atoms with E-state index < -0.39 is 41.5 Å². The Morgan fingerprint density at radius 1 is 0.980 bits per heavy atom. The number of cyclic esters (lactones) is 1. The maximum Gasteiger partial charge on any atom is 0.347 e. The summed E-state index contributed by atoms with van der Waals surface area (Å²) in [5.74, 6) is 0.0834. The first-order chi connectivity index (χ1) is 23.3. The molecule has 7 nitrogen and oxygen atoms in total. The van der Waals surface area contributed by atoms with Crippen molar-refractivity contribution < 1.29 is 32.7 Å². The lowest BCUT2D eigenvalue weighted by Gasteiger charge is -2.55. The van der Waals surface area contributed by atoms with Crippen LogP contribution in [0.3, 0.4) is 0 Å². The van der Waals surface area contributed by atoms with Gasteiger partial charge in [-0.1, -0.05) is 98.2 Å². The van der Waals surface area contributed by atoms with Crippen LogP contribution in [0.2, 0.25) is 26.2 Å². The van der Waals surface area contributed by atoms with Gasteiger partial charge in [-0.05, 0) is 92.7 Å². The van der Waals surface area contributed by atoms with Gasteiger partial charge in [0.1, 0.15) is 11.9 Å². The summed E-state index contributed by atoms with van der Waals surface area (Å²) in [5.41, 5.74) is -0.803. The van der Waals surface area contributed by atoms with Gasteiger partial charge in [-0.2, -0.15) is 0 Å². The second kappa shape index (κ2) is 16.2. The van der Waals surface area contributed by atoms with E-state index in [0.717, 1.165) is 18.4 Å². The van der Waals surface area contributed by atoms with E-state index in [1.165, 1.54) is 0 Å². The van der Waals surface area contributed by atoms with E-state index in [2.05, 4.69) is 99.8 Å². The van der Waals surface area contributed by atoms with E-state index in [-0.39, 0.29) is 46.4 Å². The summed E-state index contributed by atoms with van der Waals surface area (Å²) in [6.07, 6.45) is 9.63. The molecule has 1 aromatic carbocycles. The molecule has 1 saturated heterocycles. The van der Waals surface area contributed by atoms with Crippen LogP contribution in [0.1, 0.15) is 93.9 Å². The van der Waals surface area contributed by atoms with E-state index in [0.29, 0.717) is 38.0 Å². The van der Waals surface area contributed by atoms with Crippen molar-refractivity contribution >= 4 is 30.0 Å². The zero-order valence-electron chi connectivity index (χ0n) is 33.0. The molecule has 1 fully saturated rings. The van der Waals surface area contributed by atoms with Gasteiger partial charge in [0, 0.05) is 17.8 Å². The monoisotopic (exact) mass is 726 g/mol. The third-order valence-corrected chi connectivity index (χ3v) is 12.9. The summed E-state index contributed by atoms with van der Waals surface area (Å²) in [4.78, 5) is 28.3. The molecule has 2 aliphatic carbocycles. The van der Waals surface area contributed by atoms with Gasteiger partial charge in [0.2, 0.25) is 0 Å². The molecule has 0 amide bonds. The molecule has 0 radical (unpaired) electrons. The predicted octanol–water partition coefficient (Wildman–Crippen LogP) is 8.83. The molecule has 4 rings (SSSR count). The predicted molar refractivity (Wildman–Crippen MR) is 206 cm³/mol. The molecule has 0 saturated carbocycles. The van der Waals surface area contributed by atoms with Crippen molar-refractivity contribution in [2.75, 3.05) is 6.61 Å². The van der Waals surface area contributed by atoms with Crippen molar-refractivity contribution in [1.29, 1.82) is 0 Å². The molecule has 0 aromatic heterocycles. The number of allylic oxidation sites excluding steroid dienone is 2. The fraction of sp³-hybridized carbons (Fsp3) is 0.707. The Morgan fingerprint density at radius 2 is 1.64 bits per heavy atom. The van der Waals surface area contributed by atoms with Crippen LogP contribution in [0, 0.1) is 34.5 Å². The number of benzene rings is 1. The zero-order valence-corrected chi connectivity index (χ0v) is 35.4. The Kier molecular flexibility index (Phi) is 13.2. The fourth-order valence-electron chi connectivity index (χ4n) is 8.79. The molecule has 280 valence electrons. The number of hydrogen-bond donors (Lipinski definition) is 0. The molecule has 0 bridgehead atoms. The molecule has 9 heteroatoms. The van der Waals surface area contributed by atoms with Crippen LogP contribution < -0.4 is 4.74 Å². The standard InChI is InChI=1S/C41H66O7Si2/c1-13-17-32(45-31-18-15-14-16-19-31)36(42)46-33-27-30(38(3,4)5)26-29-21-20-28(2)40(35(29)33,47-49(9)10)23-24-41(48-50(11)12)34(39(6,7)8)22-25-44-37(41)43/h14-16,18-21,26,28,30,32-35,49-50H,13,17,22-25,27H2,1-12H3/t28-,30+,32?,33-,34?,35+,40-,41?/m0/s1. The number of fused-ring (bicyclic) bond motifs is 1. The number of rotatable bonds is 13. The fourth-order valence-corrected chi connectivity index (χ4v) is 11.4. The molecule has 3 unspecified atom stereocenters. The van der Waals surface area contributed by atoms with E-state index in [4.69, 9.17) is 23.1 Å². The number of esters is 2. The first-order valence-electron chi connectivity index (χ1n) is 19.2. The second-order valence-electron chi connectivity index (χ2n) is 17.7. The number of carbonyl (C=O) groups excluding carboxylic acids is 2. The Balaban J connectivity index is 1.81. The van der Waals surface area contributed by atoms with Crippen LogP contribution in [0.25, 0.3) is 0 Å². The minimum Gasteiger partial charge on any atom is -0.479 e. The quantitative estimate of drug-likeness (QED) is 0.149. The largest absolute Gasteiger partial charge is 0.479 e. The highest BCUT2D eigenvalue weighted by molar-refractivity contribution is 6.49. The average molecular weight is 727 g/mol. The van der Waals surface area contributed by atoms with Gasteiger partial charge in [-0.3, -0.25) is 0 Å². The summed E-state index contributed by atoms with van der Waals surface area (Å²) in [5, 5.41) is 0. The third-order valence-electron chi connectivity index (χ3n) is 11.1. The molecular weight excluding hydrogens is 661 g/mol. The normalized spacial score (nSPS) is 30.8. The highest BCUT2D eigenvalue weighted by Gasteiger charge is 2.59. The maximum atomic E-state index is 14.2. The molecular formula is C41H66O7Si2. The average Bonchev–Trinajstić information content (AvgIpc) is 3.01. The third kappa shape index (κ3) is 9.04. The molecule has 1 aliphatic heterocycles. The maximum absolute atomic E-state index is 14.2. The van der Waals surface area contributed by atoms with Crippen molar-refractivity contribution in [3.8, 4) is 5.75 Å². The Bertz CT molecular complexity index is 1360. The number of para-hydroxylation sites is 1. The van der Waals surface area contributed by atoms with Crippen molar-refractivity contribution in [2.24, 2.45) is 34.5 Å². The van der Waals surface area contributed by atoms with Gasteiger partial charge in [0.05, 0.1) is 12.2 Å². The minimum atomic E-state index is -1.68. The lowest BCUT2D eigenvalue weighted by Crippen LogP contribution is -2.62. The summed E-state index contributed by atoms with van der Waals surface area (Å²) in [6.45, 7) is 26.8. The first-order valence-corrected chi connectivity index (χ1v) is 24.7. The zero-order chi connectivity index (χ0) is 37.1. The Hall–Kier alpha value is -2.21. The molecule has 8 atom stereocenters. The highest BCUT2D eigenvalue weighted by atomic mass is 28.3. The SMILES string of the molecule is CCCC(Oc1ccccc1)C(=O)O[C@H]1C[C@H](C(C)(C)C)C=C2C=C[C@H](C)[C@](CCC3(O[SiH](C)C)C(=O)OCCC3C(C)(C)C)(O[SiH](C)C)[C@H]21. The van der Waals surface area contributed by atoms with Crippen molar-refractivity contribution in [2.45, 2.75) is 144 Å². The lowest BCUT2D eigenvalue weighted by molar-refractivity contribution is -0.191. The van der Waals surface area contributed by atoms with Crippen LogP contribution in [0.4, 0.5) is 0 Å². The van der Waals surface area contributed by atoms with Gasteiger partial charge in [0.15, 0.2) is 29.8 Å². The van der Waals surface area contributed by atoms with Gasteiger partial charge < -0.3 is 23.1 Å². The van der Waals surface area contributed by atoms with Crippen molar-refractivity contribution in [3.63, 3.8) is 0 Å². The molecule has 1 heterocycles. The van der Waals surface area contributed by atoms with E-state index in [1.54, 1.807) is 0 Å². The smallest absolute Gasteiger partial charge is 0.347 e. The summed E-state index contributed by atoms with van der Waals surface area (Å²) >= 11 is 0. The Morgan fingerprint density at radius 3 is 2.22 bits per heavy atom. The van der Waals surface area contributed by atoms with Crippen LogP contribution in [0.15, 0.2) is 54.1 Å².